The first-order chi connectivity index (χ1) is 13.3. The second kappa shape index (κ2) is 10.1. The average Bonchev–Trinajstić information content (AvgIpc) is 2.66. The standard InChI is InChI=1S/C23H24O5/c1-16(2)13-22(24)26-14-18-5-9-20(10-6-18)28-21-11-7-19(8-12-21)15-27-23(25)17(3)4/h5-12H,1,3,13-15H2,2,4H3. The van der Waals surface area contributed by atoms with Gasteiger partial charge in [-0.25, -0.2) is 4.79 Å². The molecular formula is C23H24O5. The Morgan fingerprint density at radius 3 is 1.68 bits per heavy atom. The molecule has 0 saturated carbocycles. The van der Waals surface area contributed by atoms with Gasteiger partial charge >= 0.3 is 11.9 Å². The molecule has 0 unspecified atom stereocenters. The van der Waals surface area contributed by atoms with Crippen LogP contribution < -0.4 is 4.74 Å². The highest BCUT2D eigenvalue weighted by Gasteiger charge is 2.06. The Labute approximate surface area is 165 Å². The fourth-order valence-electron chi connectivity index (χ4n) is 2.18. The van der Waals surface area contributed by atoms with Crippen molar-refractivity contribution in [3.05, 3.63) is 84.0 Å². The molecule has 2 aromatic rings. The van der Waals surface area contributed by atoms with Crippen LogP contribution in [0, 0.1) is 0 Å². The molecule has 0 heterocycles. The SMILES string of the molecule is C=C(C)CC(=O)OCc1ccc(Oc2ccc(COC(=O)C(=C)C)cc2)cc1. The molecule has 0 radical (unpaired) electrons. The molecule has 2 aromatic carbocycles. The van der Waals surface area contributed by atoms with Crippen LogP contribution in [-0.4, -0.2) is 11.9 Å². The molecule has 2 rings (SSSR count). The quantitative estimate of drug-likeness (QED) is 0.344. The van der Waals surface area contributed by atoms with E-state index in [1.807, 2.05) is 36.4 Å². The minimum atomic E-state index is -0.411. The molecule has 0 atom stereocenters. The van der Waals surface area contributed by atoms with E-state index in [0.29, 0.717) is 17.1 Å². The minimum Gasteiger partial charge on any atom is -0.461 e. The van der Waals surface area contributed by atoms with E-state index in [9.17, 15) is 9.59 Å². The summed E-state index contributed by atoms with van der Waals surface area (Å²) in [5.41, 5.74) is 2.87. The summed E-state index contributed by atoms with van der Waals surface area (Å²) in [6.45, 7) is 11.0. The second-order valence-electron chi connectivity index (χ2n) is 6.54. The normalized spacial score (nSPS) is 10.1. The Hall–Kier alpha value is -3.34. The fraction of sp³-hybridized carbons (Fsp3) is 0.217. The third-order valence-electron chi connectivity index (χ3n) is 3.65. The van der Waals surface area contributed by atoms with Gasteiger partial charge in [-0.2, -0.15) is 0 Å². The minimum absolute atomic E-state index is 0.185. The first-order valence-corrected chi connectivity index (χ1v) is 8.82. The van der Waals surface area contributed by atoms with Gasteiger partial charge in [0.15, 0.2) is 0 Å². The first kappa shape index (κ1) is 21.0. The fourth-order valence-corrected chi connectivity index (χ4v) is 2.18. The number of ether oxygens (including phenoxy) is 3. The van der Waals surface area contributed by atoms with Gasteiger partial charge < -0.3 is 14.2 Å². The largest absolute Gasteiger partial charge is 0.461 e. The van der Waals surface area contributed by atoms with Crippen molar-refractivity contribution < 1.29 is 23.8 Å². The summed E-state index contributed by atoms with van der Waals surface area (Å²) in [4.78, 5) is 22.9. The average molecular weight is 380 g/mol. The highest BCUT2D eigenvalue weighted by atomic mass is 16.5. The zero-order valence-electron chi connectivity index (χ0n) is 16.2. The van der Waals surface area contributed by atoms with Crippen LogP contribution in [0.4, 0.5) is 0 Å². The number of carbonyl (C=O) groups excluding carboxylic acids is 2. The van der Waals surface area contributed by atoms with E-state index >= 15 is 0 Å². The molecule has 5 heteroatoms. The van der Waals surface area contributed by atoms with Crippen LogP contribution in [0.1, 0.15) is 31.4 Å². The van der Waals surface area contributed by atoms with Crippen molar-refractivity contribution >= 4 is 11.9 Å². The van der Waals surface area contributed by atoms with Crippen LogP contribution in [0.2, 0.25) is 0 Å². The zero-order chi connectivity index (χ0) is 20.5. The lowest BCUT2D eigenvalue weighted by atomic mass is 10.2. The monoisotopic (exact) mass is 380 g/mol. The summed E-state index contributed by atoms with van der Waals surface area (Å²) in [5.74, 6) is 0.627. The maximum Gasteiger partial charge on any atom is 0.333 e. The molecule has 0 N–H and O–H groups in total. The van der Waals surface area contributed by atoms with E-state index in [-0.39, 0.29) is 25.6 Å². The van der Waals surface area contributed by atoms with Gasteiger partial charge in [0.05, 0.1) is 6.42 Å². The van der Waals surface area contributed by atoms with Crippen molar-refractivity contribution in [3.63, 3.8) is 0 Å². The number of carbonyl (C=O) groups is 2. The maximum atomic E-state index is 11.5. The molecule has 0 bridgehead atoms. The van der Waals surface area contributed by atoms with Crippen LogP contribution in [-0.2, 0) is 32.3 Å². The molecule has 28 heavy (non-hydrogen) atoms. The summed E-state index contributed by atoms with van der Waals surface area (Å²) in [6.07, 6.45) is 0.226. The van der Waals surface area contributed by atoms with Crippen LogP contribution in [0.25, 0.3) is 0 Å². The van der Waals surface area contributed by atoms with E-state index in [0.717, 1.165) is 16.7 Å². The van der Waals surface area contributed by atoms with Crippen LogP contribution in [0.3, 0.4) is 0 Å². The van der Waals surface area contributed by atoms with Crippen LogP contribution in [0.15, 0.2) is 72.8 Å². The number of esters is 2. The summed E-state index contributed by atoms with van der Waals surface area (Å²) in [6, 6.07) is 14.6. The summed E-state index contributed by atoms with van der Waals surface area (Å²) >= 11 is 0. The Balaban J connectivity index is 1.84. The molecule has 146 valence electrons. The topological polar surface area (TPSA) is 61.8 Å². The van der Waals surface area contributed by atoms with Crippen LogP contribution >= 0.6 is 0 Å². The molecule has 0 amide bonds. The molecule has 0 aliphatic carbocycles. The number of hydrogen-bond donors (Lipinski definition) is 0. The van der Waals surface area contributed by atoms with E-state index in [2.05, 4.69) is 13.2 Å². The Morgan fingerprint density at radius 2 is 1.25 bits per heavy atom. The second-order valence-corrected chi connectivity index (χ2v) is 6.54. The Morgan fingerprint density at radius 1 is 0.786 bits per heavy atom. The predicted octanol–water partition coefficient (Wildman–Crippen LogP) is 5.11. The lowest BCUT2D eigenvalue weighted by Gasteiger charge is -2.09. The van der Waals surface area contributed by atoms with Gasteiger partial charge in [0.2, 0.25) is 0 Å². The number of hydrogen-bond acceptors (Lipinski definition) is 5. The van der Waals surface area contributed by atoms with E-state index in [1.165, 1.54) is 0 Å². The van der Waals surface area contributed by atoms with Crippen molar-refractivity contribution in [3.8, 4) is 11.5 Å². The molecule has 0 saturated heterocycles. The van der Waals surface area contributed by atoms with Crippen molar-refractivity contribution in [2.24, 2.45) is 0 Å². The molecule has 0 aromatic heterocycles. The lowest BCUT2D eigenvalue weighted by molar-refractivity contribution is -0.144. The lowest BCUT2D eigenvalue weighted by Crippen LogP contribution is -2.04. The third kappa shape index (κ3) is 7.11. The van der Waals surface area contributed by atoms with Crippen molar-refractivity contribution in [2.45, 2.75) is 33.5 Å². The zero-order valence-corrected chi connectivity index (χ0v) is 16.2. The smallest absolute Gasteiger partial charge is 0.333 e. The van der Waals surface area contributed by atoms with E-state index in [1.54, 1.807) is 26.0 Å². The highest BCUT2D eigenvalue weighted by molar-refractivity contribution is 5.86. The molecule has 0 aliphatic rings. The molecule has 0 spiro atoms. The third-order valence-corrected chi connectivity index (χ3v) is 3.65. The van der Waals surface area contributed by atoms with Crippen molar-refractivity contribution in [1.82, 2.24) is 0 Å². The number of rotatable bonds is 9. The van der Waals surface area contributed by atoms with E-state index < -0.39 is 5.97 Å². The molecule has 5 nitrogen and oxygen atoms in total. The summed E-state index contributed by atoms with van der Waals surface area (Å²) in [5, 5.41) is 0. The Kier molecular flexibility index (Phi) is 7.57. The summed E-state index contributed by atoms with van der Waals surface area (Å²) in [7, 11) is 0. The van der Waals surface area contributed by atoms with Gasteiger partial charge in [-0.1, -0.05) is 43.0 Å². The molecule has 0 aliphatic heterocycles. The van der Waals surface area contributed by atoms with Gasteiger partial charge in [-0.3, -0.25) is 4.79 Å². The molecular weight excluding hydrogens is 356 g/mol. The predicted molar refractivity (Wildman–Crippen MR) is 107 cm³/mol. The Bertz CT molecular complexity index is 848. The molecule has 0 fully saturated rings. The maximum absolute atomic E-state index is 11.5. The first-order valence-electron chi connectivity index (χ1n) is 8.82. The van der Waals surface area contributed by atoms with Gasteiger partial charge in [0.25, 0.3) is 0 Å². The van der Waals surface area contributed by atoms with Gasteiger partial charge in [-0.15, -0.1) is 0 Å². The van der Waals surface area contributed by atoms with Gasteiger partial charge in [0.1, 0.15) is 24.7 Å². The van der Waals surface area contributed by atoms with Gasteiger partial charge in [-0.05, 0) is 49.2 Å². The van der Waals surface area contributed by atoms with Gasteiger partial charge in [0, 0.05) is 5.57 Å². The summed E-state index contributed by atoms with van der Waals surface area (Å²) < 4.78 is 16.1. The highest BCUT2D eigenvalue weighted by Crippen LogP contribution is 2.22. The van der Waals surface area contributed by atoms with Crippen molar-refractivity contribution in [2.75, 3.05) is 0 Å². The van der Waals surface area contributed by atoms with E-state index in [4.69, 9.17) is 14.2 Å². The van der Waals surface area contributed by atoms with Crippen LogP contribution in [0.5, 0.6) is 11.5 Å². The van der Waals surface area contributed by atoms with Crippen molar-refractivity contribution in [1.29, 1.82) is 0 Å². The number of benzene rings is 2.